The molecular weight excluding hydrogens is 172 g/mol. The Morgan fingerprint density at radius 1 is 1.21 bits per heavy atom. The van der Waals surface area contributed by atoms with Crippen LogP contribution in [0.1, 0.15) is 12.0 Å². The Hall–Kier alpha value is -1.50. The number of benzene rings is 1. The van der Waals surface area contributed by atoms with Crippen LogP contribution in [-0.2, 0) is 6.42 Å². The molecule has 1 aliphatic rings. The second-order valence-electron chi connectivity index (χ2n) is 3.44. The van der Waals surface area contributed by atoms with Crippen molar-refractivity contribution >= 4 is 0 Å². The molecule has 0 amide bonds. The number of methoxy groups -OCH3 is 1. The molecule has 1 aliphatic carbocycles. The van der Waals surface area contributed by atoms with E-state index < -0.39 is 0 Å². The smallest absolute Gasteiger partial charge is 0.118 e. The molecule has 14 heavy (non-hydrogen) atoms. The van der Waals surface area contributed by atoms with Gasteiger partial charge in [0.25, 0.3) is 0 Å². The quantitative estimate of drug-likeness (QED) is 0.704. The van der Waals surface area contributed by atoms with Gasteiger partial charge >= 0.3 is 0 Å². The predicted molar refractivity (Wildman–Crippen MR) is 58.5 cm³/mol. The van der Waals surface area contributed by atoms with E-state index in [1.54, 1.807) is 7.11 Å². The van der Waals surface area contributed by atoms with Gasteiger partial charge in [-0.3, -0.25) is 0 Å². The van der Waals surface area contributed by atoms with Gasteiger partial charge in [0.2, 0.25) is 0 Å². The van der Waals surface area contributed by atoms with Crippen molar-refractivity contribution in [1.82, 2.24) is 0 Å². The van der Waals surface area contributed by atoms with Gasteiger partial charge in [0, 0.05) is 0 Å². The molecule has 0 fully saturated rings. The van der Waals surface area contributed by atoms with E-state index >= 15 is 0 Å². The molecule has 1 heteroatoms. The Balaban J connectivity index is 2.06. The first-order chi connectivity index (χ1) is 6.88. The molecule has 72 valence electrons. The van der Waals surface area contributed by atoms with Crippen LogP contribution < -0.4 is 4.74 Å². The molecule has 0 unspecified atom stereocenters. The second kappa shape index (κ2) is 4.14. The highest BCUT2D eigenvalue weighted by atomic mass is 16.5. The van der Waals surface area contributed by atoms with Crippen molar-refractivity contribution < 1.29 is 4.74 Å². The summed E-state index contributed by atoms with van der Waals surface area (Å²) in [6.07, 6.45) is 8.78. The Morgan fingerprint density at radius 3 is 2.57 bits per heavy atom. The molecule has 0 spiro atoms. The predicted octanol–water partition coefficient (Wildman–Crippen LogP) is 3.12. The zero-order chi connectivity index (χ0) is 9.80. The molecule has 0 saturated heterocycles. The lowest BCUT2D eigenvalue weighted by atomic mass is 10.1. The Kier molecular flexibility index (Phi) is 2.68. The van der Waals surface area contributed by atoms with E-state index in [-0.39, 0.29) is 0 Å². The van der Waals surface area contributed by atoms with Gasteiger partial charge in [0.1, 0.15) is 5.75 Å². The van der Waals surface area contributed by atoms with E-state index in [4.69, 9.17) is 4.74 Å². The van der Waals surface area contributed by atoms with Crippen molar-refractivity contribution in [3.63, 3.8) is 0 Å². The van der Waals surface area contributed by atoms with E-state index in [9.17, 15) is 0 Å². The van der Waals surface area contributed by atoms with Crippen molar-refractivity contribution in [1.29, 1.82) is 0 Å². The van der Waals surface area contributed by atoms with Crippen LogP contribution in [-0.4, -0.2) is 7.11 Å². The first kappa shape index (κ1) is 9.07. The highest BCUT2D eigenvalue weighted by molar-refractivity contribution is 5.35. The average Bonchev–Trinajstić information content (AvgIpc) is 2.72. The van der Waals surface area contributed by atoms with Crippen LogP contribution >= 0.6 is 0 Å². The minimum absolute atomic E-state index is 0.921. The molecule has 0 radical (unpaired) electrons. The minimum Gasteiger partial charge on any atom is -0.497 e. The van der Waals surface area contributed by atoms with Crippen LogP contribution in [0.25, 0.3) is 0 Å². The molecule has 0 saturated carbocycles. The molecule has 1 nitrogen and oxygen atoms in total. The van der Waals surface area contributed by atoms with Crippen molar-refractivity contribution in [2.75, 3.05) is 7.11 Å². The van der Waals surface area contributed by atoms with Crippen molar-refractivity contribution in [2.24, 2.45) is 0 Å². The van der Waals surface area contributed by atoms with Gasteiger partial charge in [0.15, 0.2) is 0 Å². The van der Waals surface area contributed by atoms with E-state index in [2.05, 4.69) is 30.4 Å². The van der Waals surface area contributed by atoms with Crippen LogP contribution in [0.15, 0.2) is 48.1 Å². The third kappa shape index (κ3) is 2.05. The molecule has 0 N–H and O–H groups in total. The summed E-state index contributed by atoms with van der Waals surface area (Å²) in [6, 6.07) is 8.25. The lowest BCUT2D eigenvalue weighted by Gasteiger charge is -2.02. The lowest BCUT2D eigenvalue weighted by Crippen LogP contribution is -1.87. The summed E-state index contributed by atoms with van der Waals surface area (Å²) in [5.74, 6) is 0.921. The Bertz CT molecular complexity index is 357. The minimum atomic E-state index is 0.921. The fourth-order valence-corrected chi connectivity index (χ4v) is 1.62. The number of allylic oxidation sites excluding steroid dienone is 4. The van der Waals surface area contributed by atoms with Crippen LogP contribution in [0, 0.1) is 0 Å². The van der Waals surface area contributed by atoms with Crippen LogP contribution in [0.4, 0.5) is 0 Å². The number of rotatable bonds is 3. The van der Waals surface area contributed by atoms with Gasteiger partial charge in [-0.2, -0.15) is 0 Å². The SMILES string of the molecule is COc1ccc(CC2=CCC=C2)cc1. The Labute approximate surface area is 84.7 Å². The van der Waals surface area contributed by atoms with E-state index in [1.165, 1.54) is 11.1 Å². The fourth-order valence-electron chi connectivity index (χ4n) is 1.62. The van der Waals surface area contributed by atoms with Crippen LogP contribution in [0.2, 0.25) is 0 Å². The van der Waals surface area contributed by atoms with Gasteiger partial charge in [-0.25, -0.2) is 0 Å². The van der Waals surface area contributed by atoms with Crippen LogP contribution in [0.3, 0.4) is 0 Å². The maximum Gasteiger partial charge on any atom is 0.118 e. The van der Waals surface area contributed by atoms with E-state index in [0.717, 1.165) is 18.6 Å². The largest absolute Gasteiger partial charge is 0.497 e. The molecule has 0 bridgehead atoms. The highest BCUT2D eigenvalue weighted by Crippen LogP contribution is 2.17. The van der Waals surface area contributed by atoms with E-state index in [0.29, 0.717) is 0 Å². The van der Waals surface area contributed by atoms with Crippen LogP contribution in [0.5, 0.6) is 5.75 Å². The molecule has 0 aliphatic heterocycles. The summed E-state index contributed by atoms with van der Waals surface area (Å²) in [5, 5.41) is 0. The number of hydrogen-bond donors (Lipinski definition) is 0. The summed E-state index contributed by atoms with van der Waals surface area (Å²) < 4.78 is 5.11. The third-order valence-corrected chi connectivity index (χ3v) is 2.42. The molecule has 2 rings (SSSR count). The van der Waals surface area contributed by atoms with Gasteiger partial charge in [0.05, 0.1) is 7.11 Å². The monoisotopic (exact) mass is 186 g/mol. The molecule has 0 atom stereocenters. The Morgan fingerprint density at radius 2 is 2.00 bits per heavy atom. The summed E-state index contributed by atoms with van der Waals surface area (Å²) in [7, 11) is 1.69. The molecule has 0 aromatic heterocycles. The third-order valence-electron chi connectivity index (χ3n) is 2.42. The number of hydrogen-bond acceptors (Lipinski definition) is 1. The lowest BCUT2D eigenvalue weighted by molar-refractivity contribution is 0.414. The van der Waals surface area contributed by atoms with Crippen molar-refractivity contribution in [3.05, 3.63) is 53.6 Å². The number of ether oxygens (including phenoxy) is 1. The maximum absolute atomic E-state index is 5.11. The zero-order valence-electron chi connectivity index (χ0n) is 8.36. The van der Waals surface area contributed by atoms with E-state index in [1.807, 2.05) is 12.1 Å². The maximum atomic E-state index is 5.11. The zero-order valence-corrected chi connectivity index (χ0v) is 8.36. The first-order valence-corrected chi connectivity index (χ1v) is 4.87. The van der Waals surface area contributed by atoms with Gasteiger partial charge in [-0.1, -0.05) is 30.4 Å². The average molecular weight is 186 g/mol. The van der Waals surface area contributed by atoms with Gasteiger partial charge in [-0.05, 0) is 36.1 Å². The molecule has 0 heterocycles. The standard InChI is InChI=1S/C13H14O/c1-14-13-8-6-12(7-9-13)10-11-4-2-3-5-11/h2,4-9H,3,10H2,1H3. The second-order valence-corrected chi connectivity index (χ2v) is 3.44. The summed E-state index contributed by atoms with van der Waals surface area (Å²) >= 11 is 0. The summed E-state index contributed by atoms with van der Waals surface area (Å²) in [6.45, 7) is 0. The summed E-state index contributed by atoms with van der Waals surface area (Å²) in [4.78, 5) is 0. The molecule has 1 aromatic carbocycles. The van der Waals surface area contributed by atoms with Gasteiger partial charge < -0.3 is 4.74 Å². The topological polar surface area (TPSA) is 9.23 Å². The highest BCUT2D eigenvalue weighted by Gasteiger charge is 2.00. The summed E-state index contributed by atoms with van der Waals surface area (Å²) in [5.41, 5.74) is 2.75. The normalized spacial score (nSPS) is 14.2. The fraction of sp³-hybridized carbons (Fsp3) is 0.231. The first-order valence-electron chi connectivity index (χ1n) is 4.87. The van der Waals surface area contributed by atoms with Crippen molar-refractivity contribution in [2.45, 2.75) is 12.8 Å². The molecule has 1 aromatic rings. The van der Waals surface area contributed by atoms with Crippen molar-refractivity contribution in [3.8, 4) is 5.75 Å². The molecular formula is C13H14O. The van der Waals surface area contributed by atoms with Gasteiger partial charge in [-0.15, -0.1) is 0 Å².